The maximum Gasteiger partial charge on any atom is 0.0548 e. The number of benzene rings is 8. The van der Waals surface area contributed by atoms with Crippen LogP contribution in [0.3, 0.4) is 0 Å². The molecule has 0 spiro atoms. The van der Waals surface area contributed by atoms with E-state index < -0.39 is 0 Å². The van der Waals surface area contributed by atoms with Crippen molar-refractivity contribution in [3.63, 3.8) is 0 Å². The number of hydrogen-bond donors (Lipinski definition) is 0. The summed E-state index contributed by atoms with van der Waals surface area (Å²) in [6.07, 6.45) is 0. The van der Waals surface area contributed by atoms with E-state index in [1.54, 1.807) is 0 Å². The molecule has 0 amide bonds. The number of aromatic nitrogens is 2. The van der Waals surface area contributed by atoms with E-state index in [1.807, 2.05) is 11.3 Å². The molecule has 3 aromatic heterocycles. The molecule has 0 aliphatic heterocycles. The second-order valence-corrected chi connectivity index (χ2v) is 14.4. The molecule has 11 rings (SSSR count). The minimum atomic E-state index is 1.16. The van der Waals surface area contributed by atoms with Gasteiger partial charge in [-0.1, -0.05) is 127 Å². The predicted molar refractivity (Wildman–Crippen MR) is 219 cm³/mol. The highest BCUT2D eigenvalue weighted by Gasteiger charge is 2.19. The zero-order valence-electron chi connectivity index (χ0n) is 27.6. The van der Waals surface area contributed by atoms with Crippen molar-refractivity contribution in [3.8, 4) is 33.6 Å². The number of nitrogens with zero attached hydrogens (tertiary/aromatic N) is 2. The molecule has 3 heterocycles. The normalized spacial score (nSPS) is 11.9. The van der Waals surface area contributed by atoms with Gasteiger partial charge in [-0.25, -0.2) is 0 Å². The van der Waals surface area contributed by atoms with Crippen molar-refractivity contribution in [2.45, 2.75) is 0 Å². The summed E-state index contributed by atoms with van der Waals surface area (Å²) >= 11 is 1.88. The van der Waals surface area contributed by atoms with E-state index in [2.05, 4.69) is 191 Å². The monoisotopic (exact) mass is 666 g/mol. The van der Waals surface area contributed by atoms with Crippen LogP contribution in [0.1, 0.15) is 0 Å². The molecule has 3 heteroatoms. The fraction of sp³-hybridized carbons (Fsp3) is 0. The number of rotatable bonds is 4. The van der Waals surface area contributed by atoms with Gasteiger partial charge in [0.25, 0.3) is 0 Å². The third-order valence-corrected chi connectivity index (χ3v) is 11.7. The van der Waals surface area contributed by atoms with Gasteiger partial charge in [-0.15, -0.1) is 11.3 Å². The lowest BCUT2D eigenvalue weighted by Gasteiger charge is -2.11. The van der Waals surface area contributed by atoms with Gasteiger partial charge < -0.3 is 9.13 Å². The highest BCUT2D eigenvalue weighted by molar-refractivity contribution is 7.26. The first-order valence-corrected chi connectivity index (χ1v) is 18.3. The van der Waals surface area contributed by atoms with Crippen LogP contribution in [-0.2, 0) is 0 Å². The highest BCUT2D eigenvalue weighted by Crippen LogP contribution is 2.42. The Balaban J connectivity index is 1.12. The van der Waals surface area contributed by atoms with Gasteiger partial charge in [0, 0.05) is 53.1 Å². The van der Waals surface area contributed by atoms with Gasteiger partial charge in [-0.2, -0.15) is 0 Å². The van der Waals surface area contributed by atoms with Gasteiger partial charge >= 0.3 is 0 Å². The lowest BCUT2D eigenvalue weighted by Crippen LogP contribution is -1.95. The van der Waals surface area contributed by atoms with Crippen molar-refractivity contribution in [1.82, 2.24) is 9.13 Å². The van der Waals surface area contributed by atoms with Crippen LogP contribution < -0.4 is 0 Å². The first kappa shape index (κ1) is 28.4. The second kappa shape index (κ2) is 11.0. The van der Waals surface area contributed by atoms with E-state index in [0.29, 0.717) is 0 Å². The third kappa shape index (κ3) is 4.29. The Morgan fingerprint density at radius 3 is 1.61 bits per heavy atom. The van der Waals surface area contributed by atoms with E-state index in [0.717, 1.165) is 11.4 Å². The fourth-order valence-corrected chi connectivity index (χ4v) is 9.44. The number of fused-ring (bicyclic) bond motifs is 9. The summed E-state index contributed by atoms with van der Waals surface area (Å²) in [4.78, 5) is 0. The molecule has 2 nitrogen and oxygen atoms in total. The van der Waals surface area contributed by atoms with Crippen LogP contribution in [0.4, 0.5) is 0 Å². The Bertz CT molecular complexity index is 3120. The van der Waals surface area contributed by atoms with Crippen LogP contribution in [0.15, 0.2) is 182 Å². The van der Waals surface area contributed by atoms with E-state index in [-0.39, 0.29) is 0 Å². The molecule has 0 atom stereocenters. The van der Waals surface area contributed by atoms with Crippen LogP contribution >= 0.6 is 11.3 Å². The summed E-state index contributed by atoms with van der Waals surface area (Å²) in [5, 5.41) is 7.67. The van der Waals surface area contributed by atoms with E-state index in [9.17, 15) is 0 Å². The molecule has 0 radical (unpaired) electrons. The fourth-order valence-electron chi connectivity index (χ4n) is 8.21. The zero-order valence-corrected chi connectivity index (χ0v) is 28.4. The van der Waals surface area contributed by atoms with Crippen LogP contribution in [-0.4, -0.2) is 9.13 Å². The van der Waals surface area contributed by atoms with Gasteiger partial charge in [0.1, 0.15) is 0 Å². The van der Waals surface area contributed by atoms with Gasteiger partial charge in [0.2, 0.25) is 0 Å². The van der Waals surface area contributed by atoms with Crippen LogP contribution in [0.25, 0.3) is 97.4 Å². The lowest BCUT2D eigenvalue weighted by atomic mass is 10.0. The summed E-state index contributed by atoms with van der Waals surface area (Å²) < 4.78 is 7.55. The summed E-state index contributed by atoms with van der Waals surface area (Å²) in [5.41, 5.74) is 12.1. The molecular weight excluding hydrogens is 637 g/mol. The molecule has 0 aliphatic rings. The second-order valence-electron chi connectivity index (χ2n) is 13.3. The van der Waals surface area contributed by atoms with Crippen molar-refractivity contribution < 1.29 is 0 Å². The Morgan fingerprint density at radius 2 is 0.882 bits per heavy atom. The Kier molecular flexibility index (Phi) is 6.16. The molecule has 0 aliphatic carbocycles. The minimum absolute atomic E-state index is 1.16. The maximum atomic E-state index is 2.44. The smallest absolute Gasteiger partial charge is 0.0548 e. The minimum Gasteiger partial charge on any atom is -0.309 e. The summed E-state index contributed by atoms with van der Waals surface area (Å²) in [6.45, 7) is 0. The van der Waals surface area contributed by atoms with Crippen molar-refractivity contribution in [2.75, 3.05) is 0 Å². The third-order valence-electron chi connectivity index (χ3n) is 10.5. The molecule has 0 bridgehead atoms. The highest BCUT2D eigenvalue weighted by atomic mass is 32.1. The first-order valence-electron chi connectivity index (χ1n) is 17.4. The average Bonchev–Trinajstić information content (AvgIpc) is 3.85. The Morgan fingerprint density at radius 1 is 0.314 bits per heavy atom. The molecular formula is C48H30N2S. The van der Waals surface area contributed by atoms with Gasteiger partial charge in [-0.3, -0.25) is 0 Å². The first-order chi connectivity index (χ1) is 25.3. The topological polar surface area (TPSA) is 9.86 Å². The standard InChI is InChI=1S/C48H30N2S/c1-2-12-31(13-3-1)33-14-10-15-35(28-33)50-44-22-8-5-17-38(44)42-29-45-41(30-46(42)50)37-16-4-7-21-43(37)49(45)34-26-24-32(25-27-34)36-19-11-20-40-39-18-6-9-23-47(39)51-48(36)40/h1-30H. The Hall–Kier alpha value is -6.42. The zero-order chi connectivity index (χ0) is 33.5. The largest absolute Gasteiger partial charge is 0.309 e. The molecule has 0 N–H and O–H groups in total. The van der Waals surface area contributed by atoms with Crippen molar-refractivity contribution >= 4 is 75.1 Å². The maximum absolute atomic E-state index is 2.44. The quantitative estimate of drug-likeness (QED) is 0.177. The van der Waals surface area contributed by atoms with E-state index >= 15 is 0 Å². The molecule has 238 valence electrons. The van der Waals surface area contributed by atoms with Gasteiger partial charge in [-0.05, 0) is 76.9 Å². The predicted octanol–water partition coefficient (Wildman–Crippen LogP) is 13.6. The van der Waals surface area contributed by atoms with Crippen LogP contribution in [0.2, 0.25) is 0 Å². The summed E-state index contributed by atoms with van der Waals surface area (Å²) in [5.74, 6) is 0. The van der Waals surface area contributed by atoms with Crippen molar-refractivity contribution in [2.24, 2.45) is 0 Å². The molecule has 0 unspecified atom stereocenters. The lowest BCUT2D eigenvalue weighted by molar-refractivity contribution is 1.17. The Labute approximate surface area is 298 Å². The summed E-state index contributed by atoms with van der Waals surface area (Å²) in [6, 6.07) is 66.6. The summed E-state index contributed by atoms with van der Waals surface area (Å²) in [7, 11) is 0. The van der Waals surface area contributed by atoms with Crippen LogP contribution in [0, 0.1) is 0 Å². The van der Waals surface area contributed by atoms with E-state index in [1.165, 1.54) is 86.0 Å². The van der Waals surface area contributed by atoms with Gasteiger partial charge in [0.05, 0.1) is 22.1 Å². The molecule has 8 aromatic carbocycles. The molecule has 51 heavy (non-hydrogen) atoms. The van der Waals surface area contributed by atoms with Gasteiger partial charge in [0.15, 0.2) is 0 Å². The number of para-hydroxylation sites is 2. The average molecular weight is 667 g/mol. The number of thiophene rings is 1. The van der Waals surface area contributed by atoms with Crippen molar-refractivity contribution in [3.05, 3.63) is 182 Å². The molecule has 0 saturated heterocycles. The SMILES string of the molecule is c1ccc(-c2cccc(-n3c4ccccc4c4cc5c(cc43)c3ccccc3n5-c3ccc(-c4cccc5c4sc4ccccc45)cc3)c2)cc1. The molecule has 0 saturated carbocycles. The molecule has 11 aromatic rings. The number of hydrogen-bond acceptors (Lipinski definition) is 1. The van der Waals surface area contributed by atoms with E-state index in [4.69, 9.17) is 0 Å². The van der Waals surface area contributed by atoms with Crippen LogP contribution in [0.5, 0.6) is 0 Å². The van der Waals surface area contributed by atoms with Crippen molar-refractivity contribution in [1.29, 1.82) is 0 Å². The molecule has 0 fully saturated rings.